The van der Waals surface area contributed by atoms with Crippen LogP contribution in [0.2, 0.25) is 5.02 Å². The molecule has 0 aliphatic heterocycles. The van der Waals surface area contributed by atoms with Gasteiger partial charge in [-0.1, -0.05) is 41.6 Å². The first-order chi connectivity index (χ1) is 17.4. The molecule has 0 atom stereocenters. The second kappa shape index (κ2) is 11.7. The fourth-order valence-corrected chi connectivity index (χ4v) is 4.24. The maximum absolute atomic E-state index is 14.0. The maximum Gasteiger partial charge on any atom is 0.254 e. The molecule has 2 amide bonds. The summed E-state index contributed by atoms with van der Waals surface area (Å²) in [7, 11) is 1.57. The van der Waals surface area contributed by atoms with Crippen molar-refractivity contribution in [3.63, 3.8) is 0 Å². The summed E-state index contributed by atoms with van der Waals surface area (Å²) in [5.41, 5.74) is 1.21. The van der Waals surface area contributed by atoms with E-state index in [4.69, 9.17) is 16.3 Å². The normalized spacial score (nSPS) is 10.6. The highest BCUT2D eigenvalue weighted by molar-refractivity contribution is 7.99. The van der Waals surface area contributed by atoms with Crippen LogP contribution in [0.1, 0.15) is 16.2 Å². The lowest BCUT2D eigenvalue weighted by Gasteiger charge is -2.12. The van der Waals surface area contributed by atoms with Gasteiger partial charge in [-0.3, -0.25) is 14.2 Å². The van der Waals surface area contributed by atoms with Gasteiger partial charge in [0.25, 0.3) is 5.91 Å². The number of thioether (sulfide) groups is 1. The molecule has 3 aromatic carbocycles. The molecule has 8 nitrogen and oxygen atoms in total. The second-order valence-corrected chi connectivity index (χ2v) is 8.82. The second-order valence-electron chi connectivity index (χ2n) is 7.44. The third kappa shape index (κ3) is 6.21. The van der Waals surface area contributed by atoms with E-state index in [-0.39, 0.29) is 23.8 Å². The van der Waals surface area contributed by atoms with E-state index < -0.39 is 11.7 Å². The van der Waals surface area contributed by atoms with Crippen LogP contribution >= 0.6 is 23.4 Å². The quantitative estimate of drug-likeness (QED) is 0.307. The molecule has 4 rings (SSSR count). The molecule has 0 aliphatic rings. The van der Waals surface area contributed by atoms with Crippen LogP contribution in [-0.4, -0.2) is 39.4 Å². The summed E-state index contributed by atoms with van der Waals surface area (Å²) in [5.74, 6) is -0.300. The van der Waals surface area contributed by atoms with E-state index in [1.807, 2.05) is 0 Å². The largest absolute Gasteiger partial charge is 0.497 e. The summed E-state index contributed by atoms with van der Waals surface area (Å²) in [6.45, 7) is -0.0225. The Kier molecular flexibility index (Phi) is 8.19. The van der Waals surface area contributed by atoms with Crippen molar-refractivity contribution < 1.29 is 18.7 Å². The molecular weight excluding hydrogens is 505 g/mol. The number of hydrogen-bond acceptors (Lipinski definition) is 6. The molecule has 0 spiro atoms. The Hall–Kier alpha value is -3.89. The highest BCUT2D eigenvalue weighted by atomic mass is 35.5. The molecular formula is C25H21ClFN5O3S. The zero-order valence-electron chi connectivity index (χ0n) is 19.1. The van der Waals surface area contributed by atoms with Crippen LogP contribution in [-0.2, 0) is 11.3 Å². The minimum absolute atomic E-state index is 0.0225. The molecule has 0 radical (unpaired) electrons. The van der Waals surface area contributed by atoms with E-state index in [1.165, 1.54) is 30.0 Å². The van der Waals surface area contributed by atoms with Crippen molar-refractivity contribution in [1.29, 1.82) is 0 Å². The first-order valence-corrected chi connectivity index (χ1v) is 12.1. The molecule has 4 aromatic rings. The maximum atomic E-state index is 14.0. The number of carbonyl (C=O) groups is 2. The molecule has 0 aliphatic carbocycles. The van der Waals surface area contributed by atoms with Crippen molar-refractivity contribution >= 4 is 40.9 Å². The Morgan fingerprint density at radius 3 is 2.56 bits per heavy atom. The summed E-state index contributed by atoms with van der Waals surface area (Å²) in [6.07, 6.45) is 0. The smallest absolute Gasteiger partial charge is 0.254 e. The monoisotopic (exact) mass is 525 g/mol. The van der Waals surface area contributed by atoms with Crippen molar-refractivity contribution in [3.8, 4) is 11.4 Å². The lowest BCUT2D eigenvalue weighted by molar-refractivity contribution is -0.113. The number of anilines is 1. The fourth-order valence-electron chi connectivity index (χ4n) is 3.28. The van der Waals surface area contributed by atoms with E-state index in [2.05, 4.69) is 20.8 Å². The Morgan fingerprint density at radius 2 is 1.83 bits per heavy atom. The number of nitrogens with one attached hydrogen (secondary N) is 2. The average molecular weight is 526 g/mol. The SMILES string of the molecule is COc1ccc(NC(=O)CSc2nnc(CNC(=O)c3ccccc3F)n2-c2cccc(Cl)c2)cc1. The Bertz CT molecular complexity index is 1380. The molecule has 2 N–H and O–H groups in total. The van der Waals surface area contributed by atoms with Gasteiger partial charge in [0.1, 0.15) is 11.6 Å². The average Bonchev–Trinajstić information content (AvgIpc) is 3.29. The van der Waals surface area contributed by atoms with Crippen LogP contribution in [0.25, 0.3) is 5.69 Å². The fraction of sp³-hybridized carbons (Fsp3) is 0.120. The van der Waals surface area contributed by atoms with Gasteiger partial charge in [0.05, 0.1) is 30.7 Å². The van der Waals surface area contributed by atoms with Crippen LogP contribution in [0.5, 0.6) is 5.75 Å². The first kappa shape index (κ1) is 25.2. The molecule has 0 saturated carbocycles. The lowest BCUT2D eigenvalue weighted by atomic mass is 10.2. The van der Waals surface area contributed by atoms with E-state index in [9.17, 15) is 14.0 Å². The van der Waals surface area contributed by atoms with Crippen LogP contribution < -0.4 is 15.4 Å². The Morgan fingerprint density at radius 1 is 1.06 bits per heavy atom. The third-order valence-electron chi connectivity index (χ3n) is 5.00. The topological polar surface area (TPSA) is 98.1 Å². The van der Waals surface area contributed by atoms with Crippen LogP contribution in [0.4, 0.5) is 10.1 Å². The number of ether oxygens (including phenoxy) is 1. The molecule has 184 valence electrons. The first-order valence-electron chi connectivity index (χ1n) is 10.7. The molecule has 0 bridgehead atoms. The third-order valence-corrected chi connectivity index (χ3v) is 6.16. The summed E-state index contributed by atoms with van der Waals surface area (Å²) in [4.78, 5) is 25.0. The molecule has 0 unspecified atom stereocenters. The molecule has 36 heavy (non-hydrogen) atoms. The number of amides is 2. The van der Waals surface area contributed by atoms with Crippen LogP contribution in [0.15, 0.2) is 78.0 Å². The molecule has 11 heteroatoms. The Balaban J connectivity index is 1.49. The van der Waals surface area contributed by atoms with Gasteiger partial charge in [0.2, 0.25) is 5.91 Å². The number of nitrogens with zero attached hydrogens (tertiary/aromatic N) is 3. The van der Waals surface area contributed by atoms with E-state index in [1.54, 1.807) is 66.3 Å². The van der Waals surface area contributed by atoms with Crippen LogP contribution in [0, 0.1) is 5.82 Å². The lowest BCUT2D eigenvalue weighted by Crippen LogP contribution is -2.25. The predicted octanol–water partition coefficient (Wildman–Crippen LogP) is 4.73. The van der Waals surface area contributed by atoms with Gasteiger partial charge in [-0.05, 0) is 54.6 Å². The predicted molar refractivity (Wildman–Crippen MR) is 136 cm³/mol. The van der Waals surface area contributed by atoms with Gasteiger partial charge in [-0.2, -0.15) is 0 Å². The zero-order chi connectivity index (χ0) is 25.5. The van der Waals surface area contributed by atoms with Gasteiger partial charge in [-0.25, -0.2) is 4.39 Å². The number of carbonyl (C=O) groups excluding carboxylic acids is 2. The minimum atomic E-state index is -0.620. The van der Waals surface area contributed by atoms with Gasteiger partial charge >= 0.3 is 0 Å². The summed E-state index contributed by atoms with van der Waals surface area (Å²) in [5, 5.41) is 14.8. The van der Waals surface area contributed by atoms with E-state index in [0.717, 1.165) is 0 Å². The van der Waals surface area contributed by atoms with E-state index in [0.29, 0.717) is 33.1 Å². The number of benzene rings is 3. The van der Waals surface area contributed by atoms with Gasteiger partial charge in [-0.15, -0.1) is 10.2 Å². The summed E-state index contributed by atoms with van der Waals surface area (Å²) < 4.78 is 20.8. The summed E-state index contributed by atoms with van der Waals surface area (Å²) >= 11 is 7.36. The summed E-state index contributed by atoms with van der Waals surface area (Å²) in [6, 6.07) is 19.7. The molecule has 1 aromatic heterocycles. The number of methoxy groups -OCH3 is 1. The van der Waals surface area contributed by atoms with Crippen molar-refractivity contribution in [3.05, 3.63) is 95.0 Å². The number of rotatable bonds is 9. The zero-order valence-corrected chi connectivity index (χ0v) is 20.6. The van der Waals surface area contributed by atoms with Gasteiger partial charge in [0.15, 0.2) is 11.0 Å². The van der Waals surface area contributed by atoms with Crippen molar-refractivity contribution in [1.82, 2.24) is 20.1 Å². The number of halogens is 2. The highest BCUT2D eigenvalue weighted by Gasteiger charge is 2.18. The number of hydrogen-bond donors (Lipinski definition) is 2. The standard InChI is InChI=1S/C25H21ClFN5O3S/c1-35-19-11-9-17(10-12-19)29-23(33)15-36-25-31-30-22(32(25)18-6-4-5-16(26)13-18)14-28-24(34)20-7-2-3-8-21(20)27/h2-13H,14-15H2,1H3,(H,28,34)(H,29,33). The van der Waals surface area contributed by atoms with Crippen LogP contribution in [0.3, 0.4) is 0 Å². The van der Waals surface area contributed by atoms with E-state index >= 15 is 0 Å². The molecule has 0 fully saturated rings. The molecule has 1 heterocycles. The highest BCUT2D eigenvalue weighted by Crippen LogP contribution is 2.25. The van der Waals surface area contributed by atoms with Crippen molar-refractivity contribution in [2.75, 3.05) is 18.2 Å². The van der Waals surface area contributed by atoms with Crippen molar-refractivity contribution in [2.45, 2.75) is 11.7 Å². The molecule has 0 saturated heterocycles. The number of aromatic nitrogens is 3. The van der Waals surface area contributed by atoms with Gasteiger partial charge in [0, 0.05) is 10.7 Å². The Labute approximate surface area is 215 Å². The van der Waals surface area contributed by atoms with Crippen molar-refractivity contribution in [2.24, 2.45) is 0 Å². The van der Waals surface area contributed by atoms with Gasteiger partial charge < -0.3 is 15.4 Å². The minimum Gasteiger partial charge on any atom is -0.497 e.